The van der Waals surface area contributed by atoms with Crippen LogP contribution in [0.1, 0.15) is 115 Å². The van der Waals surface area contributed by atoms with E-state index in [1.54, 1.807) is 11.1 Å². The molecule has 0 aromatic rings. The van der Waals surface area contributed by atoms with E-state index < -0.39 is 0 Å². The maximum Gasteiger partial charge on any atom is 0.0681 e. The van der Waals surface area contributed by atoms with Gasteiger partial charge in [0, 0.05) is 0 Å². The normalized spacial score (nSPS) is 21.3. The van der Waals surface area contributed by atoms with Crippen molar-refractivity contribution in [3.8, 4) is 0 Å². The second-order valence-corrected chi connectivity index (χ2v) is 14.5. The Morgan fingerprint density at radius 2 is 1.07 bits per heavy atom. The molecule has 0 N–H and O–H groups in total. The summed E-state index contributed by atoms with van der Waals surface area (Å²) in [6.07, 6.45) is 36.2. The predicted molar refractivity (Wildman–Crippen MR) is 197 cm³/mol. The standard InChI is InChI=1S/C43H62O/c1-33(16-12-17-34(2)24-26-40-38(6)20-14-29-42(40,8)9)22-23-37(5)32-44-31-28-36(4)19-13-18-35(3)25-27-41-39(7)21-15-30-43(41,10)11/h12-13,16-19,22-28H,14-15,20-21,29-32H2,1-11H3. The summed E-state index contributed by atoms with van der Waals surface area (Å²) in [7, 11) is 0. The van der Waals surface area contributed by atoms with Gasteiger partial charge in [0.05, 0.1) is 13.2 Å². The van der Waals surface area contributed by atoms with Crippen LogP contribution in [-0.4, -0.2) is 13.2 Å². The number of ether oxygens (including phenoxy) is 1. The highest BCUT2D eigenvalue weighted by Crippen LogP contribution is 2.41. The molecule has 0 amide bonds. The lowest BCUT2D eigenvalue weighted by molar-refractivity contribution is 0.186. The molecule has 0 fully saturated rings. The van der Waals surface area contributed by atoms with Crippen LogP contribution in [0.25, 0.3) is 0 Å². The smallest absolute Gasteiger partial charge is 0.0681 e. The Balaban J connectivity index is 1.79. The summed E-state index contributed by atoms with van der Waals surface area (Å²) in [4.78, 5) is 0. The third kappa shape index (κ3) is 13.4. The summed E-state index contributed by atoms with van der Waals surface area (Å²) >= 11 is 0. The maximum atomic E-state index is 5.89. The zero-order valence-electron chi connectivity index (χ0n) is 30.1. The molecule has 0 atom stereocenters. The molecule has 2 rings (SSSR count). The lowest BCUT2D eigenvalue weighted by Gasteiger charge is -2.33. The van der Waals surface area contributed by atoms with Gasteiger partial charge in [-0.3, -0.25) is 0 Å². The van der Waals surface area contributed by atoms with E-state index in [1.807, 2.05) is 0 Å². The fraction of sp³-hybridized carbons (Fsp3) is 0.488. The number of allylic oxidation sites excluding steroid dienone is 20. The molecule has 0 bridgehead atoms. The first-order valence-corrected chi connectivity index (χ1v) is 16.8. The molecule has 0 spiro atoms. The minimum absolute atomic E-state index is 0.284. The molecule has 0 aromatic heterocycles. The summed E-state index contributed by atoms with van der Waals surface area (Å²) in [5, 5.41) is 0. The van der Waals surface area contributed by atoms with Gasteiger partial charge in [-0.05, 0) is 115 Å². The van der Waals surface area contributed by atoms with Crippen LogP contribution in [0.4, 0.5) is 0 Å². The van der Waals surface area contributed by atoms with Gasteiger partial charge in [-0.25, -0.2) is 0 Å². The van der Waals surface area contributed by atoms with E-state index in [9.17, 15) is 0 Å². The van der Waals surface area contributed by atoms with Crippen molar-refractivity contribution in [1.82, 2.24) is 0 Å². The SMILES string of the molecule is CC(C=CC1=C(C)CCCC1(C)C)=CC=CC(C)=CC=C(C)COCC=C(C)C=CC=C(C)C=CC1=C(C)CCCC1(C)C. The highest BCUT2D eigenvalue weighted by molar-refractivity contribution is 5.38. The molecule has 0 aliphatic heterocycles. The third-order valence-electron chi connectivity index (χ3n) is 9.03. The van der Waals surface area contributed by atoms with Crippen molar-refractivity contribution in [2.45, 2.75) is 115 Å². The Kier molecular flexibility index (Phi) is 15.4. The molecule has 0 unspecified atom stereocenters. The molecule has 0 radical (unpaired) electrons. The first-order valence-electron chi connectivity index (χ1n) is 16.8. The molecule has 2 aliphatic carbocycles. The van der Waals surface area contributed by atoms with Crippen LogP contribution in [0.2, 0.25) is 0 Å². The summed E-state index contributed by atoms with van der Waals surface area (Å²) in [5.74, 6) is 0. The largest absolute Gasteiger partial charge is 0.373 e. The van der Waals surface area contributed by atoms with Gasteiger partial charge < -0.3 is 4.74 Å². The van der Waals surface area contributed by atoms with E-state index >= 15 is 0 Å². The minimum atomic E-state index is 0.284. The van der Waals surface area contributed by atoms with Crippen molar-refractivity contribution < 1.29 is 4.74 Å². The molecule has 44 heavy (non-hydrogen) atoms. The fourth-order valence-corrected chi connectivity index (χ4v) is 6.12. The van der Waals surface area contributed by atoms with Crippen molar-refractivity contribution in [3.63, 3.8) is 0 Å². The minimum Gasteiger partial charge on any atom is -0.373 e. The van der Waals surface area contributed by atoms with Gasteiger partial charge in [0.1, 0.15) is 0 Å². The van der Waals surface area contributed by atoms with Crippen LogP contribution < -0.4 is 0 Å². The summed E-state index contributed by atoms with van der Waals surface area (Å²) < 4.78 is 5.89. The molecule has 0 aromatic carbocycles. The van der Waals surface area contributed by atoms with E-state index in [0.29, 0.717) is 13.2 Å². The molecule has 1 nitrogen and oxygen atoms in total. The Bertz CT molecular complexity index is 1310. The van der Waals surface area contributed by atoms with Crippen molar-refractivity contribution in [2.75, 3.05) is 13.2 Å². The van der Waals surface area contributed by atoms with Gasteiger partial charge in [0.25, 0.3) is 0 Å². The van der Waals surface area contributed by atoms with E-state index in [2.05, 4.69) is 155 Å². The number of hydrogen-bond donors (Lipinski definition) is 0. The van der Waals surface area contributed by atoms with E-state index in [1.165, 1.54) is 77.5 Å². The average molecular weight is 595 g/mol. The molecule has 0 heterocycles. The summed E-state index contributed by atoms with van der Waals surface area (Å²) in [6, 6.07) is 0. The quantitative estimate of drug-likeness (QED) is 0.152. The number of hydrogen-bond acceptors (Lipinski definition) is 1. The van der Waals surface area contributed by atoms with Gasteiger partial charge in [0.15, 0.2) is 0 Å². The zero-order chi connectivity index (χ0) is 32.8. The van der Waals surface area contributed by atoms with Crippen molar-refractivity contribution in [3.05, 3.63) is 129 Å². The molecule has 0 saturated carbocycles. The zero-order valence-corrected chi connectivity index (χ0v) is 30.1. The monoisotopic (exact) mass is 594 g/mol. The van der Waals surface area contributed by atoms with Crippen LogP contribution in [0.3, 0.4) is 0 Å². The van der Waals surface area contributed by atoms with Crippen LogP contribution in [0.15, 0.2) is 129 Å². The van der Waals surface area contributed by atoms with Gasteiger partial charge in [0.2, 0.25) is 0 Å². The van der Waals surface area contributed by atoms with Gasteiger partial charge in [-0.1, -0.05) is 140 Å². The van der Waals surface area contributed by atoms with Gasteiger partial charge >= 0.3 is 0 Å². The van der Waals surface area contributed by atoms with E-state index in [-0.39, 0.29) is 10.8 Å². The molecule has 0 saturated heterocycles. The second kappa shape index (κ2) is 18.2. The topological polar surface area (TPSA) is 9.23 Å². The molecule has 1 heteroatoms. The second-order valence-electron chi connectivity index (χ2n) is 14.5. The molecular weight excluding hydrogens is 532 g/mol. The number of rotatable bonds is 13. The Labute approximate surface area is 272 Å². The lowest BCUT2D eigenvalue weighted by atomic mass is 9.72. The average Bonchev–Trinajstić information content (AvgIpc) is 2.93. The predicted octanol–water partition coefficient (Wildman–Crippen LogP) is 13.0. The van der Waals surface area contributed by atoms with Gasteiger partial charge in [-0.2, -0.15) is 0 Å². The highest BCUT2D eigenvalue weighted by atomic mass is 16.5. The lowest BCUT2D eigenvalue weighted by Crippen LogP contribution is -2.19. The van der Waals surface area contributed by atoms with Crippen LogP contribution in [0.5, 0.6) is 0 Å². The first kappa shape index (κ1) is 37.3. The highest BCUT2D eigenvalue weighted by Gasteiger charge is 2.27. The Morgan fingerprint density at radius 1 is 0.614 bits per heavy atom. The van der Waals surface area contributed by atoms with Crippen LogP contribution in [-0.2, 0) is 4.74 Å². The van der Waals surface area contributed by atoms with Crippen LogP contribution >= 0.6 is 0 Å². The summed E-state index contributed by atoms with van der Waals surface area (Å²) in [6.45, 7) is 26.0. The molecule has 2 aliphatic rings. The van der Waals surface area contributed by atoms with Crippen molar-refractivity contribution in [1.29, 1.82) is 0 Å². The maximum absolute atomic E-state index is 5.89. The first-order chi connectivity index (χ1) is 20.7. The molecule has 240 valence electrons. The van der Waals surface area contributed by atoms with Crippen LogP contribution in [0, 0.1) is 10.8 Å². The van der Waals surface area contributed by atoms with E-state index in [0.717, 1.165) is 0 Å². The Morgan fingerprint density at radius 3 is 1.55 bits per heavy atom. The third-order valence-corrected chi connectivity index (χ3v) is 9.03. The van der Waals surface area contributed by atoms with Gasteiger partial charge in [-0.15, -0.1) is 0 Å². The van der Waals surface area contributed by atoms with Crippen molar-refractivity contribution in [2.24, 2.45) is 10.8 Å². The molecular formula is C43H62O. The van der Waals surface area contributed by atoms with Crippen molar-refractivity contribution >= 4 is 0 Å². The summed E-state index contributed by atoms with van der Waals surface area (Å²) in [5.41, 5.74) is 12.9. The Hall–Kier alpha value is -2.90. The van der Waals surface area contributed by atoms with E-state index in [4.69, 9.17) is 4.74 Å². The fourth-order valence-electron chi connectivity index (χ4n) is 6.12.